The summed E-state index contributed by atoms with van der Waals surface area (Å²) in [6.07, 6.45) is 6.35. The first-order valence-electron chi connectivity index (χ1n) is 9.52. The van der Waals surface area contributed by atoms with Crippen LogP contribution in [0.2, 0.25) is 0 Å². The molecule has 2 fully saturated rings. The summed E-state index contributed by atoms with van der Waals surface area (Å²) in [5, 5.41) is 4.63. The Balaban J connectivity index is 1.71. The third kappa shape index (κ3) is 1.98. The quantitative estimate of drug-likeness (QED) is 0.799. The van der Waals surface area contributed by atoms with E-state index >= 15 is 0 Å². The molecule has 25 heavy (non-hydrogen) atoms. The number of ether oxygens (including phenoxy) is 2. The zero-order valence-electron chi connectivity index (χ0n) is 15.1. The molecule has 4 nitrogen and oxygen atoms in total. The average molecular weight is 338 g/mol. The largest absolute Gasteiger partial charge is 0.347 e. The van der Waals surface area contributed by atoms with Crippen molar-refractivity contribution >= 4 is 0 Å². The summed E-state index contributed by atoms with van der Waals surface area (Å²) in [6.45, 7) is 3.80. The molecule has 3 unspecified atom stereocenters. The number of hydrogen-bond donors (Lipinski definition) is 0. The molecule has 3 aliphatic rings. The molecule has 1 aliphatic heterocycles. The second-order valence-electron chi connectivity index (χ2n) is 7.92. The minimum atomic E-state index is -0.376. The first kappa shape index (κ1) is 15.6. The van der Waals surface area contributed by atoms with Gasteiger partial charge >= 0.3 is 0 Å². The summed E-state index contributed by atoms with van der Waals surface area (Å²) in [4.78, 5) is 0. The van der Waals surface area contributed by atoms with Gasteiger partial charge in [-0.3, -0.25) is 4.68 Å². The Hall–Kier alpha value is -1.65. The zero-order valence-corrected chi connectivity index (χ0v) is 15.1. The highest BCUT2D eigenvalue weighted by Crippen LogP contribution is 2.59. The van der Waals surface area contributed by atoms with E-state index in [1.165, 1.54) is 23.2 Å². The molecule has 1 spiro atoms. The summed E-state index contributed by atoms with van der Waals surface area (Å²) in [6, 6.07) is 11.1. The molecular weight excluding hydrogens is 312 g/mol. The van der Waals surface area contributed by atoms with Crippen molar-refractivity contribution in [3.05, 3.63) is 53.3 Å². The van der Waals surface area contributed by atoms with Crippen LogP contribution >= 0.6 is 0 Å². The molecule has 5 rings (SSSR count). The van der Waals surface area contributed by atoms with Gasteiger partial charge in [0.05, 0.1) is 25.1 Å². The molecule has 0 bridgehead atoms. The van der Waals surface area contributed by atoms with Gasteiger partial charge in [-0.05, 0) is 36.3 Å². The Morgan fingerprint density at radius 3 is 2.64 bits per heavy atom. The Morgan fingerprint density at radius 1 is 1.12 bits per heavy atom. The van der Waals surface area contributed by atoms with Gasteiger partial charge in [0, 0.05) is 24.8 Å². The monoisotopic (exact) mass is 338 g/mol. The van der Waals surface area contributed by atoms with Crippen molar-refractivity contribution in [3.8, 4) is 0 Å². The van der Waals surface area contributed by atoms with E-state index in [0.29, 0.717) is 11.8 Å². The molecular formula is C21H26N2O2. The van der Waals surface area contributed by atoms with Crippen molar-refractivity contribution in [1.29, 1.82) is 0 Å². The number of fused-ring (bicyclic) bond motifs is 3. The molecule has 132 valence electrons. The minimum Gasteiger partial charge on any atom is -0.347 e. The number of hydrogen-bond acceptors (Lipinski definition) is 3. The molecule has 1 saturated carbocycles. The molecule has 0 radical (unpaired) electrons. The second-order valence-corrected chi connectivity index (χ2v) is 7.92. The third-order valence-corrected chi connectivity index (χ3v) is 7.02. The fourth-order valence-corrected chi connectivity index (χ4v) is 5.97. The van der Waals surface area contributed by atoms with Gasteiger partial charge in [-0.2, -0.15) is 5.10 Å². The maximum atomic E-state index is 6.18. The number of rotatable bonds is 1. The molecule has 1 aromatic heterocycles. The van der Waals surface area contributed by atoms with Crippen molar-refractivity contribution in [2.75, 3.05) is 13.2 Å². The maximum absolute atomic E-state index is 6.18. The van der Waals surface area contributed by atoms with Gasteiger partial charge in [0.2, 0.25) is 0 Å². The van der Waals surface area contributed by atoms with Crippen LogP contribution in [0.1, 0.15) is 43.0 Å². The predicted molar refractivity (Wildman–Crippen MR) is 95.3 cm³/mol. The number of aryl methyl sites for hydroxylation is 2. The van der Waals surface area contributed by atoms with E-state index in [1.54, 1.807) is 0 Å². The molecule has 0 amide bonds. The van der Waals surface area contributed by atoms with E-state index in [0.717, 1.165) is 32.5 Å². The van der Waals surface area contributed by atoms with E-state index in [9.17, 15) is 0 Å². The Labute approximate surface area is 149 Å². The minimum absolute atomic E-state index is 0.0140. The molecule has 2 heterocycles. The van der Waals surface area contributed by atoms with E-state index in [1.807, 2.05) is 0 Å². The van der Waals surface area contributed by atoms with Gasteiger partial charge in [-0.1, -0.05) is 37.3 Å². The van der Waals surface area contributed by atoms with Crippen LogP contribution in [0.4, 0.5) is 0 Å². The molecule has 1 aromatic carbocycles. The topological polar surface area (TPSA) is 36.3 Å². The van der Waals surface area contributed by atoms with Crippen LogP contribution in [-0.2, 0) is 28.4 Å². The van der Waals surface area contributed by atoms with Crippen LogP contribution in [0, 0.1) is 11.8 Å². The highest BCUT2D eigenvalue weighted by molar-refractivity contribution is 5.44. The van der Waals surface area contributed by atoms with Crippen molar-refractivity contribution in [2.24, 2.45) is 18.9 Å². The van der Waals surface area contributed by atoms with Crippen LogP contribution in [0.5, 0.6) is 0 Å². The Bertz CT molecular complexity index is 778. The van der Waals surface area contributed by atoms with Crippen LogP contribution < -0.4 is 0 Å². The van der Waals surface area contributed by atoms with Gasteiger partial charge in [-0.15, -0.1) is 0 Å². The Morgan fingerprint density at radius 2 is 1.88 bits per heavy atom. The summed E-state index contributed by atoms with van der Waals surface area (Å²) >= 11 is 0. The van der Waals surface area contributed by atoms with Gasteiger partial charge in [0.25, 0.3) is 0 Å². The smallest absolute Gasteiger partial charge is 0.171 e. The highest BCUT2D eigenvalue weighted by Gasteiger charge is 2.60. The molecule has 2 aromatic rings. The molecule has 0 N–H and O–H groups in total. The molecule has 3 atom stereocenters. The normalized spacial score (nSPS) is 33.2. The maximum Gasteiger partial charge on any atom is 0.171 e. The fourth-order valence-electron chi connectivity index (χ4n) is 5.97. The summed E-state index contributed by atoms with van der Waals surface area (Å²) < 4.78 is 14.5. The third-order valence-electron chi connectivity index (χ3n) is 7.02. The molecule has 1 saturated heterocycles. The lowest BCUT2D eigenvalue weighted by Gasteiger charge is -2.55. The van der Waals surface area contributed by atoms with Crippen LogP contribution in [0.15, 0.2) is 36.5 Å². The van der Waals surface area contributed by atoms with Gasteiger partial charge < -0.3 is 9.47 Å². The second kappa shape index (κ2) is 5.42. The lowest BCUT2D eigenvalue weighted by Crippen LogP contribution is -2.57. The predicted octanol–water partition coefficient (Wildman–Crippen LogP) is 3.44. The number of nitrogens with zero attached hydrogens (tertiary/aromatic N) is 2. The van der Waals surface area contributed by atoms with Crippen LogP contribution in [0.3, 0.4) is 0 Å². The van der Waals surface area contributed by atoms with Crippen molar-refractivity contribution in [1.82, 2.24) is 9.78 Å². The van der Waals surface area contributed by atoms with Crippen molar-refractivity contribution < 1.29 is 9.47 Å². The lowest BCUT2D eigenvalue weighted by molar-refractivity contribution is -0.233. The van der Waals surface area contributed by atoms with Crippen molar-refractivity contribution in [3.63, 3.8) is 0 Å². The SMILES string of the molecule is CC1C2CCc3cnn(C)c3C2(c2ccccc2)CCC12OCCO2. The number of aromatic nitrogens is 2. The summed E-state index contributed by atoms with van der Waals surface area (Å²) in [5.74, 6) is 0.496. The van der Waals surface area contributed by atoms with E-state index in [-0.39, 0.29) is 11.2 Å². The summed E-state index contributed by atoms with van der Waals surface area (Å²) in [7, 11) is 2.10. The lowest BCUT2D eigenvalue weighted by atomic mass is 9.52. The van der Waals surface area contributed by atoms with Crippen molar-refractivity contribution in [2.45, 2.75) is 43.8 Å². The van der Waals surface area contributed by atoms with Gasteiger partial charge in [0.1, 0.15) is 0 Å². The van der Waals surface area contributed by atoms with E-state index in [2.05, 4.69) is 60.3 Å². The van der Waals surface area contributed by atoms with Gasteiger partial charge in [-0.25, -0.2) is 0 Å². The van der Waals surface area contributed by atoms with Crippen LogP contribution in [0.25, 0.3) is 0 Å². The highest BCUT2D eigenvalue weighted by atomic mass is 16.7. The molecule has 4 heteroatoms. The summed E-state index contributed by atoms with van der Waals surface area (Å²) in [5.41, 5.74) is 4.26. The standard InChI is InChI=1S/C21H26N2O2/c1-15-18-9-8-16-14-22-23(2)19(16)20(18,17-6-4-3-5-7-17)10-11-21(15)24-12-13-25-21/h3-7,14-15,18H,8-13H2,1-2H3. The average Bonchev–Trinajstić information content (AvgIpc) is 3.27. The first-order chi connectivity index (χ1) is 12.2. The fraction of sp³-hybridized carbons (Fsp3) is 0.571. The first-order valence-corrected chi connectivity index (χ1v) is 9.52. The van der Waals surface area contributed by atoms with E-state index < -0.39 is 0 Å². The van der Waals surface area contributed by atoms with Gasteiger partial charge in [0.15, 0.2) is 5.79 Å². The Kier molecular flexibility index (Phi) is 3.38. The van der Waals surface area contributed by atoms with Crippen LogP contribution in [-0.4, -0.2) is 28.8 Å². The molecule has 2 aliphatic carbocycles. The van der Waals surface area contributed by atoms with E-state index in [4.69, 9.17) is 9.47 Å². The number of benzene rings is 1. The zero-order chi connectivity index (χ0) is 17.1.